The summed E-state index contributed by atoms with van der Waals surface area (Å²) < 4.78 is 3.74. The van der Waals surface area contributed by atoms with E-state index in [2.05, 4.69) is 9.97 Å². The number of aromatic nitrogens is 4. The van der Waals surface area contributed by atoms with E-state index in [0.29, 0.717) is 42.4 Å². The SMILES string of the molecule is Cn1ccnc1-c1ccc2n(c1=O)C[C@H]1C[C@@H]2CN(C(=O)c2ccc(N)nc2)C1. The number of piperidine rings is 1. The van der Waals surface area contributed by atoms with Crippen LogP contribution in [-0.4, -0.2) is 43.0 Å². The number of nitrogens with zero attached hydrogens (tertiary/aromatic N) is 5. The first-order valence-electron chi connectivity index (χ1n) is 9.73. The van der Waals surface area contributed by atoms with Crippen LogP contribution in [0, 0.1) is 5.92 Å². The first-order chi connectivity index (χ1) is 14.0. The van der Waals surface area contributed by atoms with Crippen molar-refractivity contribution in [1.82, 2.24) is 24.0 Å². The van der Waals surface area contributed by atoms with Crippen LogP contribution in [0.3, 0.4) is 0 Å². The highest BCUT2D eigenvalue weighted by Gasteiger charge is 2.37. The molecular formula is C21H22N6O2. The van der Waals surface area contributed by atoms with E-state index in [1.54, 1.807) is 18.3 Å². The fourth-order valence-electron chi connectivity index (χ4n) is 4.62. The molecule has 0 aliphatic carbocycles. The van der Waals surface area contributed by atoms with Crippen LogP contribution in [0.15, 0.2) is 47.7 Å². The Hall–Kier alpha value is -3.42. The van der Waals surface area contributed by atoms with Crippen molar-refractivity contribution >= 4 is 11.7 Å². The van der Waals surface area contributed by atoms with E-state index >= 15 is 0 Å². The molecule has 0 unspecified atom stereocenters. The summed E-state index contributed by atoms with van der Waals surface area (Å²) in [5, 5.41) is 0. The van der Waals surface area contributed by atoms with E-state index < -0.39 is 0 Å². The quantitative estimate of drug-likeness (QED) is 0.715. The Morgan fingerprint density at radius 1 is 1.14 bits per heavy atom. The summed E-state index contributed by atoms with van der Waals surface area (Å²) in [6, 6.07) is 7.24. The molecule has 3 aromatic heterocycles. The Labute approximate surface area is 167 Å². The summed E-state index contributed by atoms with van der Waals surface area (Å²) in [5.74, 6) is 1.44. The molecule has 5 heterocycles. The van der Waals surface area contributed by atoms with Gasteiger partial charge in [-0.1, -0.05) is 0 Å². The number of amides is 1. The van der Waals surface area contributed by atoms with Crippen molar-refractivity contribution in [3.63, 3.8) is 0 Å². The van der Waals surface area contributed by atoms with Gasteiger partial charge in [0.05, 0.1) is 11.1 Å². The van der Waals surface area contributed by atoms with Crippen molar-refractivity contribution in [2.45, 2.75) is 18.9 Å². The summed E-state index contributed by atoms with van der Waals surface area (Å²) in [5.41, 5.74) is 7.78. The lowest BCUT2D eigenvalue weighted by Gasteiger charge is -2.42. The summed E-state index contributed by atoms with van der Waals surface area (Å²) in [4.78, 5) is 36.3. The lowest BCUT2D eigenvalue weighted by Crippen LogP contribution is -2.49. The second kappa shape index (κ2) is 6.58. The van der Waals surface area contributed by atoms with Crippen molar-refractivity contribution < 1.29 is 4.79 Å². The van der Waals surface area contributed by atoms with Gasteiger partial charge in [0.25, 0.3) is 11.5 Å². The first kappa shape index (κ1) is 17.7. The van der Waals surface area contributed by atoms with Gasteiger partial charge >= 0.3 is 0 Å². The molecule has 3 aromatic rings. The number of imidazole rings is 1. The Morgan fingerprint density at radius 3 is 2.72 bits per heavy atom. The number of hydrogen-bond donors (Lipinski definition) is 1. The molecule has 0 spiro atoms. The summed E-state index contributed by atoms with van der Waals surface area (Å²) in [7, 11) is 1.89. The predicted molar refractivity (Wildman–Crippen MR) is 108 cm³/mol. The fourth-order valence-corrected chi connectivity index (χ4v) is 4.62. The highest BCUT2D eigenvalue weighted by molar-refractivity contribution is 5.94. The van der Waals surface area contributed by atoms with Gasteiger partial charge in [-0.25, -0.2) is 9.97 Å². The van der Waals surface area contributed by atoms with Crippen LogP contribution < -0.4 is 11.3 Å². The van der Waals surface area contributed by atoms with Crippen molar-refractivity contribution in [3.05, 3.63) is 64.5 Å². The van der Waals surface area contributed by atoms with Gasteiger partial charge in [0.2, 0.25) is 0 Å². The monoisotopic (exact) mass is 390 g/mol. The number of anilines is 1. The number of nitrogens with two attached hydrogens (primary N) is 1. The average molecular weight is 390 g/mol. The van der Waals surface area contributed by atoms with Gasteiger partial charge in [-0.3, -0.25) is 9.59 Å². The second-order valence-electron chi connectivity index (χ2n) is 7.93. The number of hydrogen-bond acceptors (Lipinski definition) is 5. The smallest absolute Gasteiger partial charge is 0.261 e. The van der Waals surface area contributed by atoms with Crippen LogP contribution in [0.1, 0.15) is 28.4 Å². The number of aryl methyl sites for hydroxylation is 1. The van der Waals surface area contributed by atoms with Gasteiger partial charge in [0, 0.05) is 56.9 Å². The molecule has 148 valence electrons. The fraction of sp³-hybridized carbons (Fsp3) is 0.333. The number of carbonyl (C=O) groups is 1. The molecule has 8 nitrogen and oxygen atoms in total. The van der Waals surface area contributed by atoms with E-state index in [9.17, 15) is 9.59 Å². The minimum absolute atomic E-state index is 0.00555. The predicted octanol–water partition coefficient (Wildman–Crippen LogP) is 1.49. The highest BCUT2D eigenvalue weighted by Crippen LogP contribution is 2.36. The average Bonchev–Trinajstić information content (AvgIpc) is 3.14. The number of pyridine rings is 2. The molecule has 1 fully saturated rings. The van der Waals surface area contributed by atoms with E-state index in [1.807, 2.05) is 39.4 Å². The Bertz CT molecular complexity index is 1150. The molecule has 2 aliphatic rings. The summed E-state index contributed by atoms with van der Waals surface area (Å²) in [6.45, 7) is 1.85. The molecule has 29 heavy (non-hydrogen) atoms. The van der Waals surface area contributed by atoms with Gasteiger partial charge in [0.15, 0.2) is 0 Å². The maximum Gasteiger partial charge on any atom is 0.261 e. The molecule has 0 radical (unpaired) electrons. The molecule has 0 saturated carbocycles. The Balaban J connectivity index is 1.46. The molecule has 1 amide bonds. The van der Waals surface area contributed by atoms with Crippen LogP contribution in [0.2, 0.25) is 0 Å². The van der Waals surface area contributed by atoms with Crippen molar-refractivity contribution in [2.75, 3.05) is 18.8 Å². The lowest BCUT2D eigenvalue weighted by atomic mass is 9.82. The van der Waals surface area contributed by atoms with Crippen LogP contribution >= 0.6 is 0 Å². The third-order valence-electron chi connectivity index (χ3n) is 5.99. The van der Waals surface area contributed by atoms with E-state index in [0.717, 1.165) is 12.1 Å². The lowest BCUT2D eigenvalue weighted by molar-refractivity contribution is 0.0594. The topological polar surface area (TPSA) is 99.0 Å². The van der Waals surface area contributed by atoms with Crippen molar-refractivity contribution in [3.8, 4) is 11.4 Å². The summed E-state index contributed by atoms with van der Waals surface area (Å²) in [6.07, 6.45) is 6.05. The van der Waals surface area contributed by atoms with Crippen LogP contribution in [-0.2, 0) is 13.6 Å². The molecule has 2 aliphatic heterocycles. The van der Waals surface area contributed by atoms with E-state index in [1.165, 1.54) is 6.20 Å². The van der Waals surface area contributed by atoms with Crippen molar-refractivity contribution in [1.29, 1.82) is 0 Å². The van der Waals surface area contributed by atoms with Crippen LogP contribution in [0.4, 0.5) is 5.82 Å². The number of nitrogen functional groups attached to an aromatic ring is 1. The molecule has 5 rings (SSSR count). The number of fused-ring (bicyclic) bond motifs is 4. The Morgan fingerprint density at radius 2 is 2.00 bits per heavy atom. The van der Waals surface area contributed by atoms with Gasteiger partial charge in [-0.05, 0) is 36.6 Å². The third kappa shape index (κ3) is 2.91. The van der Waals surface area contributed by atoms with E-state index in [-0.39, 0.29) is 23.3 Å². The van der Waals surface area contributed by atoms with Crippen molar-refractivity contribution in [2.24, 2.45) is 13.0 Å². The van der Waals surface area contributed by atoms with Gasteiger partial charge in [0.1, 0.15) is 11.6 Å². The maximum absolute atomic E-state index is 13.2. The van der Waals surface area contributed by atoms with Gasteiger partial charge < -0.3 is 19.8 Å². The maximum atomic E-state index is 13.2. The molecule has 8 heteroatoms. The van der Waals surface area contributed by atoms with E-state index in [4.69, 9.17) is 5.73 Å². The van der Waals surface area contributed by atoms with Crippen LogP contribution in [0.25, 0.3) is 11.4 Å². The second-order valence-corrected chi connectivity index (χ2v) is 7.93. The van der Waals surface area contributed by atoms with Gasteiger partial charge in [-0.15, -0.1) is 0 Å². The number of rotatable bonds is 2. The zero-order chi connectivity index (χ0) is 20.1. The molecular weight excluding hydrogens is 368 g/mol. The highest BCUT2D eigenvalue weighted by atomic mass is 16.2. The zero-order valence-electron chi connectivity index (χ0n) is 16.2. The number of carbonyl (C=O) groups excluding carboxylic acids is 1. The normalized spacial score (nSPS) is 20.4. The molecule has 1 saturated heterocycles. The standard InChI is InChI=1S/C21H22N6O2/c1-25-7-6-23-19(25)16-3-4-17-15-8-13(11-27(17)21(16)29)10-26(12-15)20(28)14-2-5-18(22)24-9-14/h2-7,9,13,15H,8,10-12H2,1H3,(H2,22,24)/t13-,15+/m0/s1. The third-order valence-corrected chi connectivity index (χ3v) is 5.99. The summed E-state index contributed by atoms with van der Waals surface area (Å²) >= 11 is 0. The Kier molecular flexibility index (Phi) is 4.01. The largest absolute Gasteiger partial charge is 0.384 e. The van der Waals surface area contributed by atoms with Crippen LogP contribution in [0.5, 0.6) is 0 Å². The van der Waals surface area contributed by atoms with Gasteiger partial charge in [-0.2, -0.15) is 0 Å². The number of likely N-dealkylation sites (tertiary alicyclic amines) is 1. The molecule has 2 atom stereocenters. The molecule has 2 bridgehead atoms. The first-order valence-corrected chi connectivity index (χ1v) is 9.73. The minimum Gasteiger partial charge on any atom is -0.384 e. The minimum atomic E-state index is -0.0346. The molecule has 0 aromatic carbocycles. The zero-order valence-corrected chi connectivity index (χ0v) is 16.2. The molecule has 2 N–H and O–H groups in total.